The van der Waals surface area contributed by atoms with Crippen LogP contribution in [0.15, 0.2) is 69.8 Å². The molecule has 0 bridgehead atoms. The predicted molar refractivity (Wildman–Crippen MR) is 135 cm³/mol. The van der Waals surface area contributed by atoms with Crippen molar-refractivity contribution in [3.8, 4) is 10.4 Å². The van der Waals surface area contributed by atoms with Crippen molar-refractivity contribution in [1.29, 1.82) is 0 Å². The molecule has 0 saturated heterocycles. The van der Waals surface area contributed by atoms with E-state index in [1.54, 1.807) is 46.2 Å². The average Bonchev–Trinajstić information content (AvgIpc) is 3.50. The summed E-state index contributed by atoms with van der Waals surface area (Å²) in [6, 6.07) is 10.3. The number of anilines is 1. The number of fused-ring (bicyclic) bond motifs is 1. The van der Waals surface area contributed by atoms with Crippen molar-refractivity contribution in [3.05, 3.63) is 75.7 Å². The van der Waals surface area contributed by atoms with Gasteiger partial charge < -0.3 is 10.1 Å². The minimum absolute atomic E-state index is 0.0665. The lowest BCUT2D eigenvalue weighted by molar-refractivity contribution is -0.113. The number of carbonyl (C=O) groups excluding carboxylic acids is 2. The van der Waals surface area contributed by atoms with Crippen molar-refractivity contribution in [2.45, 2.75) is 11.7 Å². The van der Waals surface area contributed by atoms with Crippen LogP contribution in [0.1, 0.15) is 10.4 Å². The molecule has 0 saturated carbocycles. The molecule has 1 N–H and O–H groups in total. The van der Waals surface area contributed by atoms with E-state index in [0.29, 0.717) is 33.2 Å². The maximum Gasteiger partial charge on any atom is 0.337 e. The highest BCUT2D eigenvalue weighted by molar-refractivity contribution is 7.99. The van der Waals surface area contributed by atoms with E-state index in [9.17, 15) is 14.4 Å². The van der Waals surface area contributed by atoms with Gasteiger partial charge in [0.1, 0.15) is 4.83 Å². The number of hydrogen-bond acceptors (Lipinski definition) is 8. The highest BCUT2D eigenvalue weighted by atomic mass is 32.2. The molecule has 3 aromatic heterocycles. The first kappa shape index (κ1) is 23.0. The van der Waals surface area contributed by atoms with E-state index in [4.69, 9.17) is 0 Å². The first-order valence-electron chi connectivity index (χ1n) is 9.79. The van der Waals surface area contributed by atoms with E-state index in [-0.39, 0.29) is 17.2 Å². The van der Waals surface area contributed by atoms with Crippen LogP contribution in [-0.2, 0) is 16.1 Å². The number of nitrogens with one attached hydrogen (secondary N) is 1. The Morgan fingerprint density at radius 2 is 2.03 bits per heavy atom. The van der Waals surface area contributed by atoms with E-state index in [2.05, 4.69) is 21.6 Å². The number of aromatic nitrogens is 2. The average molecular weight is 498 g/mol. The number of allylic oxidation sites excluding steroid dienone is 1. The highest BCUT2D eigenvalue weighted by Gasteiger charge is 2.18. The van der Waals surface area contributed by atoms with Gasteiger partial charge >= 0.3 is 5.97 Å². The molecular weight excluding hydrogens is 478 g/mol. The summed E-state index contributed by atoms with van der Waals surface area (Å²) in [5.41, 5.74) is 1.68. The molecular formula is C23H19N3O4S3. The first-order chi connectivity index (χ1) is 16.0. The first-order valence-corrected chi connectivity index (χ1v) is 12.5. The number of thiophene rings is 2. The second-order valence-electron chi connectivity index (χ2n) is 6.81. The number of thioether (sulfide) groups is 1. The van der Waals surface area contributed by atoms with E-state index in [1.807, 2.05) is 22.9 Å². The molecule has 7 nitrogen and oxygen atoms in total. The fraction of sp³-hybridized carbons (Fsp3) is 0.130. The normalized spacial score (nSPS) is 10.8. The molecule has 4 aromatic rings. The minimum Gasteiger partial charge on any atom is -0.465 e. The number of nitrogens with zero attached hydrogens (tertiary/aromatic N) is 2. The lowest BCUT2D eigenvalue weighted by Gasteiger charge is -2.11. The van der Waals surface area contributed by atoms with Gasteiger partial charge in [0, 0.05) is 28.1 Å². The monoisotopic (exact) mass is 497 g/mol. The third-order valence-corrected chi connectivity index (χ3v) is 7.43. The Hall–Kier alpha value is -3.21. The van der Waals surface area contributed by atoms with E-state index < -0.39 is 5.97 Å². The molecule has 168 valence electrons. The van der Waals surface area contributed by atoms with Crippen molar-refractivity contribution in [3.63, 3.8) is 0 Å². The third-order valence-electron chi connectivity index (χ3n) is 4.68. The third kappa shape index (κ3) is 4.92. The largest absolute Gasteiger partial charge is 0.465 e. The highest BCUT2D eigenvalue weighted by Crippen LogP contribution is 2.34. The second kappa shape index (κ2) is 10.2. The Morgan fingerprint density at radius 1 is 1.24 bits per heavy atom. The quantitative estimate of drug-likeness (QED) is 0.161. The molecule has 4 rings (SSSR count). The summed E-state index contributed by atoms with van der Waals surface area (Å²) < 4.78 is 6.21. The van der Waals surface area contributed by atoms with Crippen molar-refractivity contribution in [1.82, 2.24) is 9.55 Å². The molecule has 1 amide bonds. The number of carbonyl (C=O) groups is 2. The summed E-state index contributed by atoms with van der Waals surface area (Å²) in [6.07, 6.45) is 1.64. The molecule has 0 aliphatic rings. The van der Waals surface area contributed by atoms with Crippen molar-refractivity contribution >= 4 is 62.2 Å². The number of amides is 1. The van der Waals surface area contributed by atoms with Crippen molar-refractivity contribution in [2.75, 3.05) is 18.2 Å². The molecule has 0 spiro atoms. The SMILES string of the molecule is C=CCn1c(SCC(=O)Nc2ccc(C(=O)OC)cc2)nc2scc(-c3cccs3)c2c1=O. The Balaban J connectivity index is 1.54. The summed E-state index contributed by atoms with van der Waals surface area (Å²) in [6.45, 7) is 4.04. The summed E-state index contributed by atoms with van der Waals surface area (Å²) >= 11 is 4.18. The van der Waals surface area contributed by atoms with Crippen LogP contribution in [0.25, 0.3) is 20.7 Å². The molecule has 33 heavy (non-hydrogen) atoms. The maximum atomic E-state index is 13.3. The lowest BCUT2D eigenvalue weighted by atomic mass is 10.2. The Bertz CT molecular complexity index is 1370. The van der Waals surface area contributed by atoms with E-state index >= 15 is 0 Å². The van der Waals surface area contributed by atoms with Gasteiger partial charge in [-0.3, -0.25) is 14.2 Å². The number of benzene rings is 1. The zero-order chi connectivity index (χ0) is 23.4. The van der Waals surface area contributed by atoms with Crippen LogP contribution < -0.4 is 10.9 Å². The molecule has 0 aliphatic heterocycles. The van der Waals surface area contributed by atoms with Gasteiger partial charge in [-0.05, 0) is 35.7 Å². The second-order valence-corrected chi connectivity index (χ2v) is 9.56. The molecule has 10 heteroatoms. The van der Waals surface area contributed by atoms with Gasteiger partial charge in [0.2, 0.25) is 5.91 Å². The fourth-order valence-electron chi connectivity index (χ4n) is 3.15. The number of esters is 1. The van der Waals surface area contributed by atoms with Crippen LogP contribution in [0.2, 0.25) is 0 Å². The van der Waals surface area contributed by atoms with Gasteiger partial charge in [0.05, 0.1) is 23.8 Å². The molecule has 0 atom stereocenters. The standard InChI is InChI=1S/C23H19N3O4S3/c1-3-10-26-21(28)19-16(17-5-4-11-31-17)12-32-20(19)25-23(26)33-13-18(27)24-15-8-6-14(7-9-15)22(29)30-2/h3-9,11-12H,1,10,13H2,2H3,(H,24,27). The maximum absolute atomic E-state index is 13.3. The smallest absolute Gasteiger partial charge is 0.337 e. The summed E-state index contributed by atoms with van der Waals surface area (Å²) in [5, 5.41) is 7.75. The molecule has 3 heterocycles. The van der Waals surface area contributed by atoms with Crippen molar-refractivity contribution in [2.24, 2.45) is 0 Å². The van der Waals surface area contributed by atoms with Gasteiger partial charge in [-0.1, -0.05) is 23.9 Å². The van der Waals surface area contributed by atoms with E-state index in [1.165, 1.54) is 30.2 Å². The summed E-state index contributed by atoms with van der Waals surface area (Å²) in [7, 11) is 1.31. The van der Waals surface area contributed by atoms with Crippen LogP contribution in [0.5, 0.6) is 0 Å². The van der Waals surface area contributed by atoms with Crippen LogP contribution in [0.3, 0.4) is 0 Å². The number of ether oxygens (including phenoxy) is 1. The summed E-state index contributed by atoms with van der Waals surface area (Å²) in [5.74, 6) is -0.631. The zero-order valence-corrected chi connectivity index (χ0v) is 20.0. The van der Waals surface area contributed by atoms with Crippen molar-refractivity contribution < 1.29 is 14.3 Å². The number of rotatable bonds is 8. The van der Waals surface area contributed by atoms with Crippen LogP contribution in [-0.4, -0.2) is 34.3 Å². The van der Waals surface area contributed by atoms with Gasteiger partial charge in [0.15, 0.2) is 5.16 Å². The minimum atomic E-state index is -0.444. The molecule has 0 aliphatic carbocycles. The lowest BCUT2D eigenvalue weighted by Crippen LogP contribution is -2.23. The molecule has 0 unspecified atom stereocenters. The molecule has 0 fully saturated rings. The molecule has 0 radical (unpaired) electrons. The Labute approximate surface area is 201 Å². The molecule has 1 aromatic carbocycles. The number of methoxy groups -OCH3 is 1. The van der Waals surface area contributed by atoms with Crippen LogP contribution in [0.4, 0.5) is 5.69 Å². The number of hydrogen-bond donors (Lipinski definition) is 1. The zero-order valence-electron chi connectivity index (χ0n) is 17.6. The predicted octanol–water partition coefficient (Wildman–Crippen LogP) is 4.89. The van der Waals surface area contributed by atoms with Gasteiger partial charge in [-0.2, -0.15) is 0 Å². The van der Waals surface area contributed by atoms with E-state index in [0.717, 1.165) is 10.4 Å². The van der Waals surface area contributed by atoms with Gasteiger partial charge in [-0.15, -0.1) is 29.3 Å². The van der Waals surface area contributed by atoms with Crippen LogP contribution >= 0.6 is 34.4 Å². The topological polar surface area (TPSA) is 90.3 Å². The fourth-order valence-corrected chi connectivity index (χ4v) is 5.77. The Kier molecular flexibility index (Phi) is 7.07. The van der Waals surface area contributed by atoms with Gasteiger partial charge in [-0.25, -0.2) is 9.78 Å². The Morgan fingerprint density at radius 3 is 2.70 bits per heavy atom. The summed E-state index contributed by atoms with van der Waals surface area (Å²) in [4.78, 5) is 43.6. The van der Waals surface area contributed by atoms with Gasteiger partial charge in [0.25, 0.3) is 5.56 Å². The van der Waals surface area contributed by atoms with Crippen LogP contribution in [0, 0.1) is 0 Å².